The van der Waals surface area contributed by atoms with Crippen molar-refractivity contribution in [3.05, 3.63) is 34.9 Å². The van der Waals surface area contributed by atoms with E-state index in [-0.39, 0.29) is 32.7 Å². The fourth-order valence-electron chi connectivity index (χ4n) is 2.91. The molecule has 0 bridgehead atoms. The molecular formula is C20H20F5N5O3. The van der Waals surface area contributed by atoms with Crippen molar-refractivity contribution >= 4 is 22.6 Å². The lowest BCUT2D eigenvalue weighted by molar-refractivity contribution is -0.166. The number of nitrogens with zero attached hydrogens (tertiary/aromatic N) is 4. The van der Waals surface area contributed by atoms with Crippen LogP contribution in [-0.4, -0.2) is 43.9 Å². The predicted molar refractivity (Wildman–Crippen MR) is 109 cm³/mol. The van der Waals surface area contributed by atoms with E-state index >= 15 is 0 Å². The summed E-state index contributed by atoms with van der Waals surface area (Å²) >= 11 is 0. The molecule has 3 rings (SSSR count). The summed E-state index contributed by atoms with van der Waals surface area (Å²) in [6.45, 7) is -1.73. The van der Waals surface area contributed by atoms with Gasteiger partial charge in [-0.1, -0.05) is 0 Å². The van der Waals surface area contributed by atoms with Crippen LogP contribution in [0.5, 0.6) is 5.75 Å². The van der Waals surface area contributed by atoms with E-state index in [4.69, 9.17) is 8.85 Å². The Morgan fingerprint density at radius 3 is 2.58 bits per heavy atom. The van der Waals surface area contributed by atoms with Crippen molar-refractivity contribution in [2.75, 3.05) is 11.9 Å². The molecule has 3 heterocycles. The molecule has 178 valence electrons. The summed E-state index contributed by atoms with van der Waals surface area (Å²) in [4.78, 5) is 28.0. The van der Waals surface area contributed by atoms with Crippen LogP contribution in [0.15, 0.2) is 29.3 Å². The van der Waals surface area contributed by atoms with E-state index in [9.17, 15) is 31.5 Å². The molecule has 0 aliphatic carbocycles. The number of halogens is 5. The predicted octanol–water partition coefficient (Wildman–Crippen LogP) is 3.91. The van der Waals surface area contributed by atoms with Crippen LogP contribution in [-0.2, 0) is 11.8 Å². The first kappa shape index (κ1) is 20.1. The summed E-state index contributed by atoms with van der Waals surface area (Å²) in [6.07, 6.45) is -2.76. The number of carbonyl (C=O) groups excluding carboxylic acids is 1. The van der Waals surface area contributed by atoms with Crippen molar-refractivity contribution in [2.24, 2.45) is 6.98 Å². The fraction of sp³-hybridized carbons (Fsp3) is 0.400. The van der Waals surface area contributed by atoms with Crippen LogP contribution in [0.25, 0.3) is 22.2 Å². The highest BCUT2D eigenvalue weighted by Crippen LogP contribution is 2.33. The van der Waals surface area contributed by atoms with E-state index in [1.54, 1.807) is 0 Å². The molecule has 1 amide bonds. The van der Waals surface area contributed by atoms with Gasteiger partial charge in [-0.3, -0.25) is 9.59 Å². The topological polar surface area (TPSA) is 91.0 Å². The average molecular weight is 476 g/mol. The van der Waals surface area contributed by atoms with Gasteiger partial charge in [0.05, 0.1) is 17.4 Å². The minimum absolute atomic E-state index is 0.00128. The first-order valence-electron chi connectivity index (χ1n) is 10.9. The minimum atomic E-state index is -4.93. The summed E-state index contributed by atoms with van der Waals surface area (Å²) in [7, 11) is 0. The normalized spacial score (nSPS) is 15.0. The Morgan fingerprint density at radius 2 is 2.00 bits per heavy atom. The second-order valence-electron chi connectivity index (χ2n) is 7.40. The quantitative estimate of drug-likeness (QED) is 0.545. The zero-order chi connectivity index (χ0) is 27.2. The summed E-state index contributed by atoms with van der Waals surface area (Å²) in [6, 6.07) is -0.355. The Kier molecular flexibility index (Phi) is 5.15. The number of alkyl halides is 5. The van der Waals surface area contributed by atoms with E-state index in [1.165, 1.54) is 13.0 Å². The van der Waals surface area contributed by atoms with Gasteiger partial charge in [0.1, 0.15) is 11.9 Å². The molecule has 0 saturated carbocycles. The number of fused-ring (bicyclic) bond motifs is 1. The second-order valence-corrected chi connectivity index (χ2v) is 7.40. The number of aromatic nitrogens is 4. The first-order valence-corrected chi connectivity index (χ1v) is 9.39. The first-order chi connectivity index (χ1) is 16.4. The molecular weight excluding hydrogens is 453 g/mol. The molecule has 3 aromatic heterocycles. The molecule has 13 heteroatoms. The van der Waals surface area contributed by atoms with E-state index in [2.05, 4.69) is 15.4 Å². The number of rotatable bonds is 6. The van der Waals surface area contributed by atoms with Gasteiger partial charge >= 0.3 is 11.7 Å². The molecule has 1 N–H and O–H groups in total. The zero-order valence-electron chi connectivity index (χ0n) is 20.5. The van der Waals surface area contributed by atoms with Gasteiger partial charge in [-0.15, -0.1) is 0 Å². The second kappa shape index (κ2) is 8.45. The largest absolute Gasteiger partial charge is 0.481 e. The van der Waals surface area contributed by atoms with Gasteiger partial charge < -0.3 is 14.6 Å². The Morgan fingerprint density at radius 1 is 1.30 bits per heavy atom. The molecule has 3 aromatic rings. The van der Waals surface area contributed by atoms with Gasteiger partial charge in [-0.05, 0) is 13.0 Å². The molecule has 0 aromatic carbocycles. The van der Waals surface area contributed by atoms with E-state index in [1.807, 2.05) is 0 Å². The third-order valence-electron chi connectivity index (χ3n) is 4.49. The molecule has 8 nitrogen and oxygen atoms in total. The van der Waals surface area contributed by atoms with Crippen LogP contribution >= 0.6 is 0 Å². The lowest BCUT2D eigenvalue weighted by Crippen LogP contribution is -2.35. The van der Waals surface area contributed by atoms with Crippen LogP contribution in [0.3, 0.4) is 0 Å². The van der Waals surface area contributed by atoms with Gasteiger partial charge in [0.15, 0.2) is 12.4 Å². The molecule has 0 radical (unpaired) electrons. The van der Waals surface area contributed by atoms with Crippen LogP contribution < -0.4 is 15.6 Å². The Hall–Kier alpha value is -3.51. The number of hydrogen-bond donors (Lipinski definition) is 1. The summed E-state index contributed by atoms with van der Waals surface area (Å²) in [5.41, 5.74) is -1.85. The molecule has 0 aliphatic heterocycles. The van der Waals surface area contributed by atoms with Crippen molar-refractivity contribution in [1.29, 1.82) is 0 Å². The number of carbonyl (C=O) groups is 1. The van der Waals surface area contributed by atoms with Crippen LogP contribution in [0.2, 0.25) is 0 Å². The van der Waals surface area contributed by atoms with Crippen LogP contribution in [0.4, 0.5) is 27.8 Å². The summed E-state index contributed by atoms with van der Waals surface area (Å²) in [5, 5.41) is 6.25. The van der Waals surface area contributed by atoms with Crippen molar-refractivity contribution in [2.45, 2.75) is 38.9 Å². The molecule has 0 fully saturated rings. The third kappa shape index (κ3) is 5.29. The number of anilines is 1. The molecule has 0 spiro atoms. The standard InChI is InChI=1S/C20H20F5N5O3/c1-10(20(23,24)25)30-18(32)16(33-9-19(3,21)22)6-14(28-30)13-8-29(4)15-7-26-17(5-12(13)15)27-11(2)31/h5-8,10H,9H2,1-4H3,(H,26,27,31)/t10-/m0/s1/i4D3. The van der Waals surface area contributed by atoms with Crippen molar-refractivity contribution in [1.82, 2.24) is 19.3 Å². The smallest absolute Gasteiger partial charge is 0.410 e. The van der Waals surface area contributed by atoms with Crippen LogP contribution in [0, 0.1) is 0 Å². The summed E-state index contributed by atoms with van der Waals surface area (Å²) in [5.74, 6) is -4.75. The maximum absolute atomic E-state index is 13.5. The fourth-order valence-corrected chi connectivity index (χ4v) is 2.91. The van der Waals surface area contributed by atoms with Crippen molar-refractivity contribution < 1.29 is 35.6 Å². The lowest BCUT2D eigenvalue weighted by Gasteiger charge is -2.19. The number of amides is 1. The Bertz CT molecular complexity index is 1360. The van der Waals surface area contributed by atoms with Gasteiger partial charge in [0, 0.05) is 48.1 Å². The Balaban J connectivity index is 2.33. The summed E-state index contributed by atoms with van der Waals surface area (Å²) < 4.78 is 96.1. The monoisotopic (exact) mass is 476 g/mol. The molecule has 0 saturated heterocycles. The van der Waals surface area contributed by atoms with E-state index in [0.29, 0.717) is 13.8 Å². The SMILES string of the molecule is [2H]C([2H])([2H])n1cc(-c2cc(OCC(C)(F)F)c(=O)n([C@@H](C)C(F)(F)F)n2)c2cc(NC(C)=O)ncc21. The van der Waals surface area contributed by atoms with Crippen molar-refractivity contribution in [3.8, 4) is 17.0 Å². The minimum Gasteiger partial charge on any atom is -0.481 e. The average Bonchev–Trinajstić information content (AvgIpc) is 3.10. The number of hydrogen-bond acceptors (Lipinski definition) is 5. The molecule has 33 heavy (non-hydrogen) atoms. The number of pyridine rings is 1. The molecule has 0 aliphatic rings. The lowest BCUT2D eigenvalue weighted by atomic mass is 10.1. The molecule has 0 unspecified atom stereocenters. The van der Waals surface area contributed by atoms with E-state index in [0.717, 1.165) is 23.0 Å². The van der Waals surface area contributed by atoms with Crippen LogP contribution in [0.1, 0.15) is 30.9 Å². The Labute approximate surface area is 188 Å². The van der Waals surface area contributed by atoms with Gasteiger partial charge in [-0.2, -0.15) is 18.3 Å². The molecule has 1 atom stereocenters. The highest BCUT2D eigenvalue weighted by molar-refractivity contribution is 5.98. The number of aryl methyl sites for hydroxylation is 1. The van der Waals surface area contributed by atoms with Gasteiger partial charge in [0.2, 0.25) is 5.91 Å². The third-order valence-corrected chi connectivity index (χ3v) is 4.49. The van der Waals surface area contributed by atoms with E-state index < -0.39 is 48.9 Å². The van der Waals surface area contributed by atoms with Gasteiger partial charge in [-0.25, -0.2) is 18.4 Å². The number of nitrogens with one attached hydrogen (secondary N) is 1. The maximum atomic E-state index is 13.5. The zero-order valence-corrected chi connectivity index (χ0v) is 17.5. The van der Waals surface area contributed by atoms with Gasteiger partial charge in [0.25, 0.3) is 5.92 Å². The highest BCUT2D eigenvalue weighted by Gasteiger charge is 2.39. The highest BCUT2D eigenvalue weighted by atomic mass is 19.4. The maximum Gasteiger partial charge on any atom is 0.410 e. The van der Waals surface area contributed by atoms with Crippen molar-refractivity contribution in [3.63, 3.8) is 0 Å². The number of ether oxygens (including phenoxy) is 1.